The number of nitrogens with zero attached hydrogens (tertiary/aromatic N) is 4. The summed E-state index contributed by atoms with van der Waals surface area (Å²) in [4.78, 5) is 19.3. The molecule has 0 spiro atoms. The Kier molecular flexibility index (Phi) is 2.94. The average molecular weight is 272 g/mol. The Balaban J connectivity index is 1.83. The van der Waals surface area contributed by atoms with Gasteiger partial charge in [-0.25, -0.2) is 9.78 Å². The minimum atomic E-state index is -0.955. The van der Waals surface area contributed by atoms with Gasteiger partial charge >= 0.3 is 5.97 Å². The number of carbonyl (C=O) groups is 1. The molecule has 0 saturated heterocycles. The summed E-state index contributed by atoms with van der Waals surface area (Å²) in [6.07, 6.45) is 2.31. The monoisotopic (exact) mass is 272 g/mol. The molecule has 2 heterocycles. The van der Waals surface area contributed by atoms with Crippen molar-refractivity contribution < 1.29 is 14.4 Å². The second-order valence-electron chi connectivity index (χ2n) is 4.43. The van der Waals surface area contributed by atoms with Gasteiger partial charge in [0.25, 0.3) is 0 Å². The van der Waals surface area contributed by atoms with Crippen molar-refractivity contribution in [3.05, 3.63) is 41.8 Å². The van der Waals surface area contributed by atoms with E-state index in [9.17, 15) is 4.79 Å². The molecule has 20 heavy (non-hydrogen) atoms. The number of hydrogen-bond donors (Lipinski definition) is 1. The minimum Gasteiger partial charge on any atom is -0.478 e. The van der Waals surface area contributed by atoms with E-state index in [2.05, 4.69) is 15.1 Å². The molecule has 0 unspecified atom stereocenters. The largest absolute Gasteiger partial charge is 0.478 e. The van der Waals surface area contributed by atoms with E-state index in [1.165, 1.54) is 0 Å². The predicted molar refractivity (Wildman–Crippen MR) is 69.4 cm³/mol. The average Bonchev–Trinajstić information content (AvgIpc) is 3.02. The predicted octanol–water partition coefficient (Wildman–Crippen LogP) is 1.67. The summed E-state index contributed by atoms with van der Waals surface area (Å²) in [5, 5.41) is 12.8. The zero-order valence-electron chi connectivity index (χ0n) is 10.8. The van der Waals surface area contributed by atoms with Gasteiger partial charge in [-0.1, -0.05) is 5.16 Å². The molecular formula is C13H12N4O3. The zero-order valence-corrected chi connectivity index (χ0v) is 10.8. The van der Waals surface area contributed by atoms with Gasteiger partial charge in [0.15, 0.2) is 5.82 Å². The molecule has 0 radical (unpaired) electrons. The van der Waals surface area contributed by atoms with E-state index in [0.29, 0.717) is 30.2 Å². The molecule has 3 rings (SSSR count). The lowest BCUT2D eigenvalue weighted by atomic mass is 10.2. The number of aryl methyl sites for hydroxylation is 3. The van der Waals surface area contributed by atoms with Crippen LogP contribution in [0.15, 0.2) is 29.0 Å². The third kappa shape index (κ3) is 2.25. The molecule has 102 valence electrons. The van der Waals surface area contributed by atoms with Gasteiger partial charge in [0, 0.05) is 19.9 Å². The molecule has 3 aromatic rings. The van der Waals surface area contributed by atoms with E-state index in [0.717, 1.165) is 5.52 Å². The Morgan fingerprint density at radius 3 is 3.00 bits per heavy atom. The summed E-state index contributed by atoms with van der Waals surface area (Å²) >= 11 is 0. The van der Waals surface area contributed by atoms with Crippen LogP contribution >= 0.6 is 0 Å². The standard InChI is InChI=1S/C13H12N4O3/c1-8-15-12(16-20-8)4-5-17-7-14-10-6-9(13(18)19)2-3-11(10)17/h2-3,6-7H,4-5H2,1H3,(H,18,19). The molecule has 7 nitrogen and oxygen atoms in total. The first-order chi connectivity index (χ1) is 9.63. The quantitative estimate of drug-likeness (QED) is 0.776. The van der Waals surface area contributed by atoms with Crippen LogP contribution in [0.3, 0.4) is 0 Å². The van der Waals surface area contributed by atoms with E-state index < -0.39 is 5.97 Å². The normalized spacial score (nSPS) is 11.1. The maximum Gasteiger partial charge on any atom is 0.335 e. The Bertz CT molecular complexity index is 775. The first-order valence-corrected chi connectivity index (χ1v) is 6.11. The number of carboxylic acids is 1. The Labute approximate surface area is 113 Å². The van der Waals surface area contributed by atoms with Crippen molar-refractivity contribution in [1.29, 1.82) is 0 Å². The van der Waals surface area contributed by atoms with Gasteiger partial charge in [0.2, 0.25) is 5.89 Å². The molecule has 0 fully saturated rings. The van der Waals surface area contributed by atoms with Crippen molar-refractivity contribution in [1.82, 2.24) is 19.7 Å². The van der Waals surface area contributed by atoms with Gasteiger partial charge in [-0.3, -0.25) is 0 Å². The summed E-state index contributed by atoms with van der Waals surface area (Å²) in [7, 11) is 0. The van der Waals surface area contributed by atoms with Crippen LogP contribution in [0.4, 0.5) is 0 Å². The van der Waals surface area contributed by atoms with Crippen LogP contribution in [0.5, 0.6) is 0 Å². The van der Waals surface area contributed by atoms with Crippen molar-refractivity contribution in [2.75, 3.05) is 0 Å². The van der Waals surface area contributed by atoms with Crippen LogP contribution in [0.1, 0.15) is 22.1 Å². The van der Waals surface area contributed by atoms with Crippen molar-refractivity contribution >= 4 is 17.0 Å². The summed E-state index contributed by atoms with van der Waals surface area (Å²) in [5.74, 6) is 0.233. The molecule has 0 aliphatic heterocycles. The van der Waals surface area contributed by atoms with Gasteiger partial charge in [0.1, 0.15) is 0 Å². The van der Waals surface area contributed by atoms with E-state index in [1.807, 2.05) is 4.57 Å². The lowest BCUT2D eigenvalue weighted by Crippen LogP contribution is -2.01. The summed E-state index contributed by atoms with van der Waals surface area (Å²) in [6.45, 7) is 2.40. The fourth-order valence-electron chi connectivity index (χ4n) is 2.04. The molecule has 1 aromatic carbocycles. The SMILES string of the molecule is Cc1nc(CCn2cnc3cc(C(=O)O)ccc32)no1. The van der Waals surface area contributed by atoms with Crippen LogP contribution in [-0.4, -0.2) is 30.8 Å². The number of aromatic nitrogens is 4. The summed E-state index contributed by atoms with van der Waals surface area (Å²) in [5.41, 5.74) is 1.78. The number of imidazole rings is 1. The lowest BCUT2D eigenvalue weighted by Gasteiger charge is -2.02. The molecule has 2 aromatic heterocycles. The first-order valence-electron chi connectivity index (χ1n) is 6.11. The summed E-state index contributed by atoms with van der Waals surface area (Å²) in [6, 6.07) is 4.89. The number of hydrogen-bond acceptors (Lipinski definition) is 5. The topological polar surface area (TPSA) is 94.0 Å². The highest BCUT2D eigenvalue weighted by Crippen LogP contribution is 2.15. The number of rotatable bonds is 4. The highest BCUT2D eigenvalue weighted by Gasteiger charge is 2.09. The van der Waals surface area contributed by atoms with Crippen LogP contribution in [0.25, 0.3) is 11.0 Å². The first kappa shape index (κ1) is 12.3. The fourth-order valence-corrected chi connectivity index (χ4v) is 2.04. The van der Waals surface area contributed by atoms with Crippen LogP contribution in [0, 0.1) is 6.92 Å². The Morgan fingerprint density at radius 2 is 2.30 bits per heavy atom. The molecule has 0 bridgehead atoms. The van der Waals surface area contributed by atoms with Crippen LogP contribution in [0.2, 0.25) is 0 Å². The zero-order chi connectivity index (χ0) is 14.1. The van der Waals surface area contributed by atoms with Crippen molar-refractivity contribution in [2.24, 2.45) is 0 Å². The lowest BCUT2D eigenvalue weighted by molar-refractivity contribution is 0.0697. The van der Waals surface area contributed by atoms with Gasteiger partial charge < -0.3 is 14.2 Å². The van der Waals surface area contributed by atoms with E-state index in [-0.39, 0.29) is 5.56 Å². The maximum atomic E-state index is 10.9. The molecule has 0 saturated carbocycles. The number of benzene rings is 1. The molecular weight excluding hydrogens is 260 g/mol. The molecule has 0 aliphatic rings. The maximum absolute atomic E-state index is 10.9. The third-order valence-corrected chi connectivity index (χ3v) is 3.01. The third-order valence-electron chi connectivity index (χ3n) is 3.01. The Hall–Kier alpha value is -2.70. The highest BCUT2D eigenvalue weighted by atomic mass is 16.5. The van der Waals surface area contributed by atoms with Crippen molar-refractivity contribution in [3.63, 3.8) is 0 Å². The van der Waals surface area contributed by atoms with Crippen LogP contribution < -0.4 is 0 Å². The smallest absolute Gasteiger partial charge is 0.335 e. The van der Waals surface area contributed by atoms with Crippen molar-refractivity contribution in [2.45, 2.75) is 19.9 Å². The van der Waals surface area contributed by atoms with Crippen molar-refractivity contribution in [3.8, 4) is 0 Å². The molecule has 0 atom stereocenters. The Morgan fingerprint density at radius 1 is 1.45 bits per heavy atom. The molecule has 1 N–H and O–H groups in total. The molecule has 0 amide bonds. The number of carboxylic acid groups (broad SMARTS) is 1. The summed E-state index contributed by atoms with van der Waals surface area (Å²) < 4.78 is 6.85. The van der Waals surface area contributed by atoms with E-state index >= 15 is 0 Å². The second-order valence-corrected chi connectivity index (χ2v) is 4.43. The number of aromatic carboxylic acids is 1. The highest BCUT2D eigenvalue weighted by molar-refractivity contribution is 5.92. The second kappa shape index (κ2) is 4.76. The van der Waals surface area contributed by atoms with Gasteiger partial charge in [0.05, 0.1) is 22.9 Å². The van der Waals surface area contributed by atoms with Gasteiger partial charge in [-0.15, -0.1) is 0 Å². The van der Waals surface area contributed by atoms with Gasteiger partial charge in [-0.2, -0.15) is 4.98 Å². The molecule has 7 heteroatoms. The van der Waals surface area contributed by atoms with E-state index in [4.69, 9.17) is 9.63 Å². The minimum absolute atomic E-state index is 0.233. The van der Waals surface area contributed by atoms with Crippen LogP contribution in [-0.2, 0) is 13.0 Å². The molecule has 0 aliphatic carbocycles. The fraction of sp³-hybridized carbons (Fsp3) is 0.231. The number of fused-ring (bicyclic) bond motifs is 1. The van der Waals surface area contributed by atoms with E-state index in [1.54, 1.807) is 31.5 Å². The van der Waals surface area contributed by atoms with Gasteiger partial charge in [-0.05, 0) is 18.2 Å².